The van der Waals surface area contributed by atoms with Crippen LogP contribution in [0.2, 0.25) is 0 Å². The maximum absolute atomic E-state index is 12.7. The standard InChI is InChI=1S/C20H15N3O3S/c1-12-7-8-13(9-17(12)26-14-5-3-2-4-6-14)23-16-10-15(11-24)27-19(16)22-18(21)20(23)25/h2-11H,1H3,(H2,21,22). The molecule has 4 aromatic rings. The number of benzene rings is 2. The van der Waals surface area contributed by atoms with E-state index in [0.29, 0.717) is 32.4 Å². The highest BCUT2D eigenvalue weighted by molar-refractivity contribution is 7.20. The van der Waals surface area contributed by atoms with E-state index in [2.05, 4.69) is 4.98 Å². The number of fused-ring (bicyclic) bond motifs is 1. The van der Waals surface area contributed by atoms with Crippen LogP contribution in [0.1, 0.15) is 15.2 Å². The molecule has 0 aliphatic heterocycles. The van der Waals surface area contributed by atoms with Gasteiger partial charge in [0.15, 0.2) is 12.1 Å². The zero-order chi connectivity index (χ0) is 19.0. The van der Waals surface area contributed by atoms with Crippen LogP contribution in [0.25, 0.3) is 16.0 Å². The topological polar surface area (TPSA) is 87.2 Å². The van der Waals surface area contributed by atoms with Crippen molar-refractivity contribution in [2.75, 3.05) is 5.73 Å². The van der Waals surface area contributed by atoms with Gasteiger partial charge in [-0.15, -0.1) is 11.3 Å². The summed E-state index contributed by atoms with van der Waals surface area (Å²) in [6.45, 7) is 1.93. The van der Waals surface area contributed by atoms with Gasteiger partial charge in [-0.25, -0.2) is 4.98 Å². The maximum atomic E-state index is 12.7. The molecule has 0 saturated heterocycles. The lowest BCUT2D eigenvalue weighted by molar-refractivity contribution is 0.112. The first-order valence-corrected chi connectivity index (χ1v) is 8.99. The fourth-order valence-electron chi connectivity index (χ4n) is 2.78. The summed E-state index contributed by atoms with van der Waals surface area (Å²) in [4.78, 5) is 28.9. The van der Waals surface area contributed by atoms with Crippen molar-refractivity contribution in [1.82, 2.24) is 9.55 Å². The summed E-state index contributed by atoms with van der Waals surface area (Å²) in [6, 6.07) is 16.5. The number of thiophene rings is 1. The first kappa shape index (κ1) is 17.0. The lowest BCUT2D eigenvalue weighted by atomic mass is 10.2. The number of anilines is 1. The molecule has 0 fully saturated rings. The summed E-state index contributed by atoms with van der Waals surface area (Å²) in [6.07, 6.45) is 0.733. The van der Waals surface area contributed by atoms with Gasteiger partial charge in [-0.05, 0) is 36.8 Å². The van der Waals surface area contributed by atoms with Crippen molar-refractivity contribution in [3.05, 3.63) is 75.4 Å². The average Bonchev–Trinajstić information content (AvgIpc) is 3.08. The molecule has 0 bridgehead atoms. The van der Waals surface area contributed by atoms with Crippen LogP contribution in [0.15, 0.2) is 59.4 Å². The monoisotopic (exact) mass is 377 g/mol. The number of rotatable bonds is 4. The fourth-order valence-corrected chi connectivity index (χ4v) is 3.62. The Kier molecular flexibility index (Phi) is 4.21. The minimum Gasteiger partial charge on any atom is -0.457 e. The van der Waals surface area contributed by atoms with Crippen molar-refractivity contribution in [3.63, 3.8) is 0 Å². The van der Waals surface area contributed by atoms with Crippen molar-refractivity contribution in [1.29, 1.82) is 0 Å². The van der Waals surface area contributed by atoms with E-state index in [1.807, 2.05) is 49.4 Å². The van der Waals surface area contributed by atoms with Gasteiger partial charge >= 0.3 is 0 Å². The largest absolute Gasteiger partial charge is 0.457 e. The number of hydrogen-bond acceptors (Lipinski definition) is 6. The van der Waals surface area contributed by atoms with Gasteiger partial charge in [0.2, 0.25) is 0 Å². The van der Waals surface area contributed by atoms with Crippen LogP contribution in [0.5, 0.6) is 11.5 Å². The van der Waals surface area contributed by atoms with Crippen molar-refractivity contribution in [2.45, 2.75) is 6.92 Å². The number of para-hydroxylation sites is 1. The van der Waals surface area contributed by atoms with Crippen molar-refractivity contribution in [2.24, 2.45) is 0 Å². The molecule has 7 heteroatoms. The van der Waals surface area contributed by atoms with E-state index in [-0.39, 0.29) is 5.82 Å². The molecule has 134 valence electrons. The molecule has 4 rings (SSSR count). The van der Waals surface area contributed by atoms with Gasteiger partial charge in [-0.2, -0.15) is 0 Å². The van der Waals surface area contributed by atoms with Gasteiger partial charge in [0.1, 0.15) is 16.3 Å². The predicted octanol–water partition coefficient (Wildman–Crippen LogP) is 3.94. The second-order valence-electron chi connectivity index (χ2n) is 5.96. The molecule has 0 aliphatic rings. The molecular formula is C20H15N3O3S. The number of aldehydes is 1. The summed E-state index contributed by atoms with van der Waals surface area (Å²) in [5, 5.41) is 0. The average molecular weight is 377 g/mol. The molecule has 2 heterocycles. The minimum atomic E-state index is -0.438. The van der Waals surface area contributed by atoms with Crippen molar-refractivity contribution < 1.29 is 9.53 Å². The van der Waals surface area contributed by atoms with E-state index >= 15 is 0 Å². The van der Waals surface area contributed by atoms with Crippen LogP contribution in [0, 0.1) is 6.92 Å². The number of nitrogens with zero attached hydrogens (tertiary/aromatic N) is 2. The number of aryl methyl sites for hydroxylation is 1. The molecule has 27 heavy (non-hydrogen) atoms. The van der Waals surface area contributed by atoms with Crippen LogP contribution < -0.4 is 16.0 Å². The Balaban J connectivity index is 1.90. The highest BCUT2D eigenvalue weighted by Crippen LogP contribution is 2.29. The summed E-state index contributed by atoms with van der Waals surface area (Å²) in [5.74, 6) is 1.20. The lowest BCUT2D eigenvalue weighted by Gasteiger charge is -2.13. The van der Waals surface area contributed by atoms with E-state index in [1.165, 1.54) is 15.9 Å². The second kappa shape index (κ2) is 6.69. The van der Waals surface area contributed by atoms with Gasteiger partial charge in [-0.1, -0.05) is 24.3 Å². The first-order valence-electron chi connectivity index (χ1n) is 8.18. The Labute approximate surface area is 158 Å². The molecule has 0 atom stereocenters. The Bertz CT molecular complexity index is 1210. The van der Waals surface area contributed by atoms with E-state index in [9.17, 15) is 9.59 Å². The van der Waals surface area contributed by atoms with Crippen LogP contribution in [0.3, 0.4) is 0 Å². The fraction of sp³-hybridized carbons (Fsp3) is 0.0500. The summed E-state index contributed by atoms with van der Waals surface area (Å²) in [7, 11) is 0. The number of carbonyl (C=O) groups is 1. The van der Waals surface area contributed by atoms with Crippen LogP contribution in [-0.4, -0.2) is 15.8 Å². The highest BCUT2D eigenvalue weighted by atomic mass is 32.1. The number of nitrogens with two attached hydrogens (primary N) is 1. The number of ether oxygens (including phenoxy) is 1. The third-order valence-electron chi connectivity index (χ3n) is 4.11. The third-order valence-corrected chi connectivity index (χ3v) is 5.06. The SMILES string of the molecule is Cc1ccc(-n2c(=O)c(N)nc3sc(C=O)cc32)cc1Oc1ccccc1. The molecule has 6 nitrogen and oxygen atoms in total. The van der Waals surface area contributed by atoms with Gasteiger partial charge in [0.25, 0.3) is 5.56 Å². The molecule has 2 aromatic heterocycles. The zero-order valence-electron chi connectivity index (χ0n) is 14.4. The Morgan fingerprint density at radius 1 is 1.15 bits per heavy atom. The summed E-state index contributed by atoms with van der Waals surface area (Å²) in [5.41, 5.74) is 7.42. The van der Waals surface area contributed by atoms with E-state index < -0.39 is 5.56 Å². The molecular weight excluding hydrogens is 362 g/mol. The first-order chi connectivity index (χ1) is 13.1. The Hall–Kier alpha value is -3.45. The number of hydrogen-bond donors (Lipinski definition) is 1. The zero-order valence-corrected chi connectivity index (χ0v) is 15.2. The summed E-state index contributed by atoms with van der Waals surface area (Å²) < 4.78 is 7.42. The van der Waals surface area contributed by atoms with Gasteiger partial charge < -0.3 is 10.5 Å². The maximum Gasteiger partial charge on any atom is 0.298 e. The molecule has 0 unspecified atom stereocenters. The lowest BCUT2D eigenvalue weighted by Crippen LogP contribution is -2.22. The van der Waals surface area contributed by atoms with E-state index in [4.69, 9.17) is 10.5 Å². The molecule has 0 saturated carbocycles. The smallest absolute Gasteiger partial charge is 0.298 e. The Morgan fingerprint density at radius 2 is 1.93 bits per heavy atom. The van der Waals surface area contributed by atoms with Crippen molar-refractivity contribution in [3.8, 4) is 17.2 Å². The van der Waals surface area contributed by atoms with Gasteiger partial charge in [0.05, 0.1) is 16.1 Å². The quantitative estimate of drug-likeness (QED) is 0.544. The predicted molar refractivity (Wildman–Crippen MR) is 106 cm³/mol. The molecule has 0 amide bonds. The molecule has 0 aliphatic carbocycles. The van der Waals surface area contributed by atoms with E-state index in [0.717, 1.165) is 11.8 Å². The molecule has 2 aromatic carbocycles. The molecule has 0 spiro atoms. The number of nitrogen functional groups attached to an aromatic ring is 1. The van der Waals surface area contributed by atoms with Gasteiger partial charge in [0, 0.05) is 6.07 Å². The van der Waals surface area contributed by atoms with Crippen LogP contribution in [-0.2, 0) is 0 Å². The second-order valence-corrected chi connectivity index (χ2v) is 7.02. The number of carbonyl (C=O) groups excluding carboxylic acids is 1. The van der Waals surface area contributed by atoms with Gasteiger partial charge in [-0.3, -0.25) is 14.2 Å². The number of aromatic nitrogens is 2. The summed E-state index contributed by atoms with van der Waals surface area (Å²) >= 11 is 1.19. The molecule has 2 N–H and O–H groups in total. The Morgan fingerprint density at radius 3 is 2.67 bits per heavy atom. The third kappa shape index (κ3) is 3.09. The van der Waals surface area contributed by atoms with Crippen molar-refractivity contribution >= 4 is 33.8 Å². The normalized spacial score (nSPS) is 10.9. The van der Waals surface area contributed by atoms with Crippen LogP contribution in [0.4, 0.5) is 5.82 Å². The van der Waals surface area contributed by atoms with E-state index in [1.54, 1.807) is 12.1 Å². The highest BCUT2D eigenvalue weighted by Gasteiger charge is 2.15. The van der Waals surface area contributed by atoms with Crippen LogP contribution >= 0.6 is 11.3 Å². The molecule has 0 radical (unpaired) electrons. The minimum absolute atomic E-state index is 0.118.